The molecule has 0 spiro atoms. The van der Waals surface area contributed by atoms with E-state index >= 15 is 0 Å². The van der Waals surface area contributed by atoms with Gasteiger partial charge < -0.3 is 10.1 Å². The molecular formula is C17H17Cl2N3O2S. The van der Waals surface area contributed by atoms with Crippen molar-refractivity contribution in [2.24, 2.45) is 0 Å². The average molecular weight is 398 g/mol. The van der Waals surface area contributed by atoms with E-state index in [1.807, 2.05) is 30.3 Å². The van der Waals surface area contributed by atoms with Crippen LogP contribution in [0.1, 0.15) is 12.8 Å². The molecule has 0 fully saturated rings. The zero-order valence-electron chi connectivity index (χ0n) is 13.2. The molecule has 0 radical (unpaired) electrons. The Kier molecular flexibility index (Phi) is 7.78. The van der Waals surface area contributed by atoms with Gasteiger partial charge in [-0.3, -0.25) is 15.6 Å². The van der Waals surface area contributed by atoms with E-state index in [0.29, 0.717) is 33.9 Å². The Labute approximate surface area is 161 Å². The van der Waals surface area contributed by atoms with Gasteiger partial charge in [0.2, 0.25) is 5.91 Å². The number of carbonyl (C=O) groups excluding carboxylic acids is 1. The molecule has 8 heteroatoms. The first kappa shape index (κ1) is 19.3. The van der Waals surface area contributed by atoms with Crippen LogP contribution < -0.4 is 20.9 Å². The highest BCUT2D eigenvalue weighted by Crippen LogP contribution is 2.27. The first-order valence-electron chi connectivity index (χ1n) is 7.53. The second-order valence-corrected chi connectivity index (χ2v) is 6.27. The number of anilines is 1. The normalized spacial score (nSPS) is 10.0. The quantitative estimate of drug-likeness (QED) is 0.387. The molecule has 0 saturated carbocycles. The zero-order chi connectivity index (χ0) is 18.1. The van der Waals surface area contributed by atoms with Crippen molar-refractivity contribution < 1.29 is 9.53 Å². The predicted molar refractivity (Wildman–Crippen MR) is 105 cm³/mol. The summed E-state index contributed by atoms with van der Waals surface area (Å²) in [6.07, 6.45) is 0.817. The molecule has 2 aromatic rings. The number of benzene rings is 2. The fraction of sp³-hybridized carbons (Fsp3) is 0.176. The summed E-state index contributed by atoms with van der Waals surface area (Å²) < 4.78 is 5.52. The van der Waals surface area contributed by atoms with E-state index in [1.165, 1.54) is 0 Å². The van der Waals surface area contributed by atoms with Crippen LogP contribution in [-0.2, 0) is 4.79 Å². The molecule has 2 rings (SSSR count). The number of nitrogens with one attached hydrogen (secondary N) is 3. The Morgan fingerprint density at radius 1 is 1.08 bits per heavy atom. The molecule has 132 valence electrons. The van der Waals surface area contributed by atoms with Crippen LogP contribution in [0.2, 0.25) is 10.0 Å². The van der Waals surface area contributed by atoms with Crippen LogP contribution in [-0.4, -0.2) is 17.6 Å². The summed E-state index contributed by atoms with van der Waals surface area (Å²) in [6, 6.07) is 14.4. The first-order chi connectivity index (χ1) is 12.0. The van der Waals surface area contributed by atoms with E-state index in [0.717, 1.165) is 5.69 Å². The highest BCUT2D eigenvalue weighted by Gasteiger charge is 2.05. The van der Waals surface area contributed by atoms with Gasteiger partial charge in [-0.2, -0.15) is 0 Å². The van der Waals surface area contributed by atoms with Crippen LogP contribution >= 0.6 is 35.4 Å². The molecule has 0 aromatic heterocycles. The molecule has 25 heavy (non-hydrogen) atoms. The van der Waals surface area contributed by atoms with Crippen molar-refractivity contribution >= 4 is 52.1 Å². The van der Waals surface area contributed by atoms with Gasteiger partial charge in [-0.25, -0.2) is 0 Å². The highest BCUT2D eigenvalue weighted by molar-refractivity contribution is 7.80. The Morgan fingerprint density at radius 2 is 1.84 bits per heavy atom. The number of hydrogen-bond acceptors (Lipinski definition) is 3. The molecule has 2 aromatic carbocycles. The second-order valence-electron chi connectivity index (χ2n) is 5.02. The smallest absolute Gasteiger partial charge is 0.238 e. The fourth-order valence-corrected chi connectivity index (χ4v) is 2.51. The van der Waals surface area contributed by atoms with E-state index < -0.39 is 0 Å². The van der Waals surface area contributed by atoms with E-state index in [9.17, 15) is 4.79 Å². The fourth-order valence-electron chi connectivity index (χ4n) is 1.88. The monoisotopic (exact) mass is 397 g/mol. The number of ether oxygens (including phenoxy) is 1. The highest BCUT2D eigenvalue weighted by atomic mass is 35.5. The van der Waals surface area contributed by atoms with Gasteiger partial charge in [-0.1, -0.05) is 41.4 Å². The Morgan fingerprint density at radius 3 is 2.56 bits per heavy atom. The van der Waals surface area contributed by atoms with Gasteiger partial charge in [-0.05, 0) is 49.0 Å². The molecule has 0 aliphatic rings. The van der Waals surface area contributed by atoms with E-state index in [4.69, 9.17) is 40.2 Å². The first-order valence-corrected chi connectivity index (χ1v) is 8.70. The number of para-hydroxylation sites is 1. The summed E-state index contributed by atoms with van der Waals surface area (Å²) in [5.41, 5.74) is 6.01. The number of carbonyl (C=O) groups is 1. The molecule has 3 N–H and O–H groups in total. The molecule has 0 atom stereocenters. The van der Waals surface area contributed by atoms with Gasteiger partial charge in [0, 0.05) is 17.1 Å². The van der Waals surface area contributed by atoms with Crippen LogP contribution in [0.25, 0.3) is 0 Å². The number of halogens is 2. The summed E-state index contributed by atoms with van der Waals surface area (Å²) in [5.74, 6) is 0.348. The van der Waals surface area contributed by atoms with Crippen LogP contribution in [0.15, 0.2) is 48.5 Å². The molecule has 0 saturated heterocycles. The Hall–Kier alpha value is -2.02. The maximum atomic E-state index is 11.8. The van der Waals surface area contributed by atoms with Crippen LogP contribution in [0.5, 0.6) is 5.75 Å². The third kappa shape index (κ3) is 7.17. The number of hydrogen-bond donors (Lipinski definition) is 3. The lowest BCUT2D eigenvalue weighted by Gasteiger charge is -2.12. The Balaban J connectivity index is 1.61. The molecule has 0 bridgehead atoms. The number of amides is 1. The lowest BCUT2D eigenvalue weighted by molar-refractivity contribution is -0.121. The van der Waals surface area contributed by atoms with Crippen molar-refractivity contribution in [3.8, 4) is 5.75 Å². The third-order valence-electron chi connectivity index (χ3n) is 3.05. The van der Waals surface area contributed by atoms with Gasteiger partial charge in [0.15, 0.2) is 5.11 Å². The van der Waals surface area contributed by atoms with E-state index in [1.54, 1.807) is 18.2 Å². The Bertz CT molecular complexity index is 729. The molecule has 5 nitrogen and oxygen atoms in total. The van der Waals surface area contributed by atoms with Crippen molar-refractivity contribution in [1.29, 1.82) is 0 Å². The standard InChI is InChI=1S/C17H17Cl2N3O2S/c18-12-8-9-15(14(19)11-12)24-10-4-7-16(23)21-22-17(25)20-13-5-2-1-3-6-13/h1-3,5-6,8-9,11H,4,7,10H2,(H,21,23)(H2,20,22,25). The summed E-state index contributed by atoms with van der Waals surface area (Å²) in [4.78, 5) is 11.8. The van der Waals surface area contributed by atoms with Gasteiger partial charge >= 0.3 is 0 Å². The van der Waals surface area contributed by atoms with Crippen molar-refractivity contribution in [2.45, 2.75) is 12.8 Å². The van der Waals surface area contributed by atoms with Crippen molar-refractivity contribution in [2.75, 3.05) is 11.9 Å². The minimum absolute atomic E-state index is 0.192. The van der Waals surface area contributed by atoms with Crippen LogP contribution in [0.3, 0.4) is 0 Å². The maximum absolute atomic E-state index is 11.8. The van der Waals surface area contributed by atoms with Gasteiger partial charge in [0.25, 0.3) is 0 Å². The van der Waals surface area contributed by atoms with Gasteiger partial charge in [-0.15, -0.1) is 0 Å². The maximum Gasteiger partial charge on any atom is 0.238 e. The lowest BCUT2D eigenvalue weighted by atomic mass is 10.3. The van der Waals surface area contributed by atoms with Crippen molar-refractivity contribution in [1.82, 2.24) is 10.9 Å². The summed E-state index contributed by atoms with van der Waals surface area (Å²) in [5, 5.41) is 4.25. The van der Waals surface area contributed by atoms with Gasteiger partial charge in [0.1, 0.15) is 5.75 Å². The summed E-state index contributed by atoms with van der Waals surface area (Å²) >= 11 is 16.9. The largest absolute Gasteiger partial charge is 0.492 e. The minimum Gasteiger partial charge on any atom is -0.492 e. The zero-order valence-corrected chi connectivity index (χ0v) is 15.5. The van der Waals surface area contributed by atoms with Crippen LogP contribution in [0, 0.1) is 0 Å². The second kappa shape index (κ2) is 10.1. The lowest BCUT2D eigenvalue weighted by Crippen LogP contribution is -2.43. The topological polar surface area (TPSA) is 62.4 Å². The van der Waals surface area contributed by atoms with E-state index in [-0.39, 0.29) is 12.3 Å². The minimum atomic E-state index is -0.192. The van der Waals surface area contributed by atoms with Crippen molar-refractivity contribution in [3.05, 3.63) is 58.6 Å². The number of thiocarbonyl (C=S) groups is 1. The molecule has 1 amide bonds. The number of hydrazine groups is 1. The molecular weight excluding hydrogens is 381 g/mol. The average Bonchev–Trinajstić information content (AvgIpc) is 2.59. The molecule has 0 aliphatic heterocycles. The third-order valence-corrected chi connectivity index (χ3v) is 3.78. The van der Waals surface area contributed by atoms with Crippen LogP contribution in [0.4, 0.5) is 5.69 Å². The number of rotatable bonds is 6. The van der Waals surface area contributed by atoms with Gasteiger partial charge in [0.05, 0.1) is 11.6 Å². The summed E-state index contributed by atoms with van der Waals surface area (Å²) in [7, 11) is 0. The SMILES string of the molecule is O=C(CCCOc1ccc(Cl)cc1Cl)NNC(=S)Nc1ccccc1. The molecule has 0 aliphatic carbocycles. The molecule has 0 unspecified atom stereocenters. The van der Waals surface area contributed by atoms with E-state index in [2.05, 4.69) is 16.2 Å². The van der Waals surface area contributed by atoms with Crippen molar-refractivity contribution in [3.63, 3.8) is 0 Å². The predicted octanol–water partition coefficient (Wildman–Crippen LogP) is 4.17. The molecule has 0 heterocycles. The summed E-state index contributed by atoms with van der Waals surface area (Å²) in [6.45, 7) is 0.363.